The molecule has 0 aliphatic rings. The molecule has 1 amide bonds. The molecule has 0 bridgehead atoms. The Kier molecular flexibility index (Phi) is 7.59. The Hall–Kier alpha value is -2.04. The van der Waals surface area contributed by atoms with Crippen LogP contribution in [0.5, 0.6) is 5.75 Å². The van der Waals surface area contributed by atoms with Gasteiger partial charge in [-0.15, -0.1) is 0 Å². The van der Waals surface area contributed by atoms with Crippen LogP contribution in [0, 0.1) is 0 Å². The van der Waals surface area contributed by atoms with Gasteiger partial charge >= 0.3 is 0 Å². The van der Waals surface area contributed by atoms with Gasteiger partial charge in [-0.05, 0) is 43.1 Å². The highest BCUT2D eigenvalue weighted by molar-refractivity contribution is 6.31. The van der Waals surface area contributed by atoms with Crippen molar-refractivity contribution in [2.24, 2.45) is 5.73 Å². The maximum absolute atomic E-state index is 11.9. The average Bonchev–Trinajstić information content (AvgIpc) is 2.58. The average molecular weight is 347 g/mol. The van der Waals surface area contributed by atoms with Crippen LogP contribution in [-0.4, -0.2) is 19.0 Å². The van der Waals surface area contributed by atoms with Crippen LogP contribution in [0.4, 0.5) is 0 Å². The van der Waals surface area contributed by atoms with E-state index in [-0.39, 0.29) is 5.91 Å². The molecule has 2 aromatic carbocycles. The molecule has 0 fully saturated rings. The Labute approximate surface area is 148 Å². The number of hydrogen-bond acceptors (Lipinski definition) is 3. The number of amides is 1. The molecule has 0 atom stereocenters. The van der Waals surface area contributed by atoms with Gasteiger partial charge in [0.25, 0.3) is 0 Å². The molecule has 0 heterocycles. The fourth-order valence-corrected chi connectivity index (χ4v) is 2.46. The lowest BCUT2D eigenvalue weighted by molar-refractivity contribution is -0.120. The quantitative estimate of drug-likeness (QED) is 0.684. The summed E-state index contributed by atoms with van der Waals surface area (Å²) in [6.07, 6.45) is 2.17. The Balaban J connectivity index is 1.85. The Morgan fingerprint density at radius 2 is 1.96 bits per heavy atom. The van der Waals surface area contributed by atoms with E-state index in [2.05, 4.69) is 5.32 Å². The van der Waals surface area contributed by atoms with Gasteiger partial charge < -0.3 is 15.8 Å². The van der Waals surface area contributed by atoms with E-state index in [1.807, 2.05) is 48.5 Å². The second-order valence-electron chi connectivity index (χ2n) is 5.55. The third kappa shape index (κ3) is 6.22. The van der Waals surface area contributed by atoms with Crippen LogP contribution in [0.2, 0.25) is 5.02 Å². The van der Waals surface area contributed by atoms with E-state index in [0.29, 0.717) is 31.1 Å². The van der Waals surface area contributed by atoms with Crippen LogP contribution >= 0.6 is 11.6 Å². The van der Waals surface area contributed by atoms with Gasteiger partial charge in [-0.2, -0.15) is 0 Å². The summed E-state index contributed by atoms with van der Waals surface area (Å²) >= 11 is 6.12. The summed E-state index contributed by atoms with van der Waals surface area (Å²) in [4.78, 5) is 11.9. The van der Waals surface area contributed by atoms with Gasteiger partial charge in [0, 0.05) is 17.1 Å². The van der Waals surface area contributed by atoms with Gasteiger partial charge in [-0.1, -0.05) is 41.9 Å². The van der Waals surface area contributed by atoms with E-state index in [4.69, 9.17) is 22.1 Å². The molecule has 0 aromatic heterocycles. The smallest absolute Gasteiger partial charge is 0.224 e. The van der Waals surface area contributed by atoms with E-state index in [0.717, 1.165) is 29.7 Å². The van der Waals surface area contributed by atoms with Crippen molar-refractivity contribution < 1.29 is 9.53 Å². The van der Waals surface area contributed by atoms with Crippen molar-refractivity contribution in [3.63, 3.8) is 0 Å². The van der Waals surface area contributed by atoms with Gasteiger partial charge in [-0.25, -0.2) is 0 Å². The predicted molar refractivity (Wildman–Crippen MR) is 97.2 cm³/mol. The number of carbonyl (C=O) groups is 1. The summed E-state index contributed by atoms with van der Waals surface area (Å²) in [5.74, 6) is 0.735. The highest BCUT2D eigenvalue weighted by Gasteiger charge is 2.05. The number of nitrogens with two attached hydrogens (primary N) is 1. The summed E-state index contributed by atoms with van der Waals surface area (Å²) in [6.45, 7) is 1.72. The third-order valence-electron chi connectivity index (χ3n) is 3.57. The zero-order valence-corrected chi connectivity index (χ0v) is 14.4. The minimum absolute atomic E-state index is 0.00951. The van der Waals surface area contributed by atoms with Crippen LogP contribution in [0.1, 0.15) is 24.0 Å². The lowest BCUT2D eigenvalue weighted by Gasteiger charge is -2.09. The predicted octanol–water partition coefficient (Wildman–Crippen LogP) is 3.32. The summed E-state index contributed by atoms with van der Waals surface area (Å²) in [6, 6.07) is 15.2. The summed E-state index contributed by atoms with van der Waals surface area (Å²) in [5.41, 5.74) is 7.28. The minimum atomic E-state index is 0.00951. The van der Waals surface area contributed by atoms with Crippen molar-refractivity contribution in [2.45, 2.75) is 25.9 Å². The normalized spacial score (nSPS) is 10.4. The second kappa shape index (κ2) is 9.96. The number of ether oxygens (including phenoxy) is 1. The highest BCUT2D eigenvalue weighted by Crippen LogP contribution is 2.19. The van der Waals surface area contributed by atoms with Crippen LogP contribution in [0.15, 0.2) is 48.5 Å². The zero-order chi connectivity index (χ0) is 17.2. The number of nitrogens with one attached hydrogen (secondary N) is 1. The topological polar surface area (TPSA) is 64.3 Å². The lowest BCUT2D eigenvalue weighted by atomic mass is 10.1. The van der Waals surface area contributed by atoms with Crippen molar-refractivity contribution >= 4 is 17.5 Å². The Morgan fingerprint density at radius 3 is 2.75 bits per heavy atom. The van der Waals surface area contributed by atoms with Crippen molar-refractivity contribution in [2.75, 3.05) is 13.1 Å². The van der Waals surface area contributed by atoms with E-state index >= 15 is 0 Å². The van der Waals surface area contributed by atoms with Crippen LogP contribution in [0.25, 0.3) is 0 Å². The van der Waals surface area contributed by atoms with Crippen LogP contribution in [0.3, 0.4) is 0 Å². The second-order valence-corrected chi connectivity index (χ2v) is 5.96. The summed E-state index contributed by atoms with van der Waals surface area (Å²) in [5, 5.41) is 3.58. The first-order chi connectivity index (χ1) is 11.7. The molecule has 0 aliphatic carbocycles. The lowest BCUT2D eigenvalue weighted by Crippen LogP contribution is -2.26. The summed E-state index contributed by atoms with van der Waals surface area (Å²) < 4.78 is 5.78. The van der Waals surface area contributed by atoms with E-state index in [1.165, 1.54) is 0 Å². The molecule has 5 heteroatoms. The number of benzene rings is 2. The molecule has 0 saturated heterocycles. The number of carbonyl (C=O) groups excluding carboxylic acids is 1. The van der Waals surface area contributed by atoms with Crippen molar-refractivity contribution in [3.8, 4) is 5.75 Å². The van der Waals surface area contributed by atoms with Crippen LogP contribution in [-0.2, 0) is 17.8 Å². The molecule has 2 aromatic rings. The number of unbranched alkanes of at least 4 members (excludes halogenated alkanes) is 1. The maximum Gasteiger partial charge on any atom is 0.224 e. The molecule has 3 N–H and O–H groups in total. The van der Waals surface area contributed by atoms with Crippen LogP contribution < -0.4 is 15.8 Å². The first-order valence-corrected chi connectivity index (χ1v) is 8.49. The SMILES string of the molecule is NCCCCNC(=O)Cc1cccc(OCc2ccccc2Cl)c1. The Morgan fingerprint density at radius 1 is 1.12 bits per heavy atom. The summed E-state index contributed by atoms with van der Waals surface area (Å²) in [7, 11) is 0. The third-order valence-corrected chi connectivity index (χ3v) is 3.94. The highest BCUT2D eigenvalue weighted by atomic mass is 35.5. The number of hydrogen-bond donors (Lipinski definition) is 2. The molecule has 0 spiro atoms. The molecule has 0 radical (unpaired) electrons. The standard InChI is InChI=1S/C19H23ClN2O2/c20-18-9-2-1-7-16(18)14-24-17-8-5-6-15(12-17)13-19(23)22-11-4-3-10-21/h1-2,5-9,12H,3-4,10-11,13-14,21H2,(H,22,23). The van der Waals surface area contributed by atoms with E-state index in [1.54, 1.807) is 0 Å². The van der Waals surface area contributed by atoms with Crippen molar-refractivity contribution in [3.05, 3.63) is 64.7 Å². The van der Waals surface area contributed by atoms with Crippen molar-refractivity contribution in [1.82, 2.24) is 5.32 Å². The number of halogens is 1. The molecule has 0 aliphatic heterocycles. The first kappa shape index (κ1) is 18.3. The maximum atomic E-state index is 11.9. The minimum Gasteiger partial charge on any atom is -0.489 e. The van der Waals surface area contributed by atoms with Gasteiger partial charge in [-0.3, -0.25) is 4.79 Å². The largest absolute Gasteiger partial charge is 0.489 e. The molecular weight excluding hydrogens is 324 g/mol. The van der Waals surface area contributed by atoms with Gasteiger partial charge in [0.1, 0.15) is 12.4 Å². The molecule has 2 rings (SSSR count). The Bertz CT molecular complexity index is 661. The number of rotatable bonds is 9. The zero-order valence-electron chi connectivity index (χ0n) is 13.6. The monoisotopic (exact) mass is 346 g/mol. The fourth-order valence-electron chi connectivity index (χ4n) is 2.27. The van der Waals surface area contributed by atoms with Gasteiger partial charge in [0.05, 0.1) is 6.42 Å². The molecule has 128 valence electrons. The van der Waals surface area contributed by atoms with Crippen molar-refractivity contribution in [1.29, 1.82) is 0 Å². The molecule has 0 unspecified atom stereocenters. The van der Waals surface area contributed by atoms with E-state index in [9.17, 15) is 4.79 Å². The van der Waals surface area contributed by atoms with Gasteiger partial charge in [0.15, 0.2) is 0 Å². The van der Waals surface area contributed by atoms with Gasteiger partial charge in [0.2, 0.25) is 5.91 Å². The fraction of sp³-hybridized carbons (Fsp3) is 0.316. The molecular formula is C19H23ClN2O2. The molecule has 0 saturated carbocycles. The first-order valence-electron chi connectivity index (χ1n) is 8.11. The molecule has 4 nitrogen and oxygen atoms in total. The molecule has 24 heavy (non-hydrogen) atoms. The van der Waals surface area contributed by atoms with E-state index < -0.39 is 0 Å².